The van der Waals surface area contributed by atoms with Crippen LogP contribution in [-0.2, 0) is 4.79 Å². The second-order valence-electron chi connectivity index (χ2n) is 8.97. The number of aryl methyl sites for hydroxylation is 1. The Bertz CT molecular complexity index is 974. The van der Waals surface area contributed by atoms with Crippen LogP contribution in [-0.4, -0.2) is 63.9 Å². The van der Waals surface area contributed by atoms with Crippen molar-refractivity contribution < 1.29 is 14.4 Å². The quantitative estimate of drug-likeness (QED) is 0.720. The van der Waals surface area contributed by atoms with Gasteiger partial charge < -0.3 is 15.1 Å². The van der Waals surface area contributed by atoms with E-state index in [1.807, 2.05) is 36.1 Å². The summed E-state index contributed by atoms with van der Waals surface area (Å²) in [4.78, 5) is 41.8. The van der Waals surface area contributed by atoms with Gasteiger partial charge in [-0.25, -0.2) is 0 Å². The summed E-state index contributed by atoms with van der Waals surface area (Å²) in [5.41, 5.74) is 1.78. The van der Waals surface area contributed by atoms with Gasteiger partial charge in [-0.05, 0) is 50.7 Å². The second-order valence-corrected chi connectivity index (χ2v) is 9.94. The van der Waals surface area contributed by atoms with E-state index in [-0.39, 0.29) is 27.7 Å². The Balaban J connectivity index is 1.26. The Labute approximate surface area is 198 Å². The Kier molecular flexibility index (Phi) is 7.69. The van der Waals surface area contributed by atoms with Gasteiger partial charge in [0.2, 0.25) is 15.9 Å². The molecule has 1 aromatic carbocycles. The topological polar surface area (TPSA) is 95.5 Å². The van der Waals surface area contributed by atoms with Crippen molar-refractivity contribution in [1.82, 2.24) is 20.0 Å². The molecule has 3 heterocycles. The number of carbonyl (C=O) groups excluding carboxylic acids is 3. The first-order valence-electron chi connectivity index (χ1n) is 11.8. The van der Waals surface area contributed by atoms with Crippen LogP contribution in [0, 0.1) is 12.8 Å². The normalized spacial score (nSPS) is 17.5. The van der Waals surface area contributed by atoms with E-state index >= 15 is 0 Å². The molecule has 8 nitrogen and oxygen atoms in total. The summed E-state index contributed by atoms with van der Waals surface area (Å²) in [5, 5.41) is 11.0. The molecule has 3 amide bonds. The number of anilines is 1. The molecule has 0 atom stereocenters. The van der Waals surface area contributed by atoms with Gasteiger partial charge in [-0.1, -0.05) is 41.9 Å². The van der Waals surface area contributed by atoms with Crippen molar-refractivity contribution in [3.63, 3.8) is 0 Å². The molecule has 2 aliphatic rings. The second kappa shape index (κ2) is 10.9. The summed E-state index contributed by atoms with van der Waals surface area (Å²) in [5.74, 6) is 0.00502. The van der Waals surface area contributed by atoms with Crippen LogP contribution in [0.4, 0.5) is 5.69 Å². The van der Waals surface area contributed by atoms with E-state index in [1.165, 1.54) is 12.8 Å². The summed E-state index contributed by atoms with van der Waals surface area (Å²) in [6.45, 7) is 4.94. The molecule has 0 radical (unpaired) electrons. The number of nitrogens with zero attached hydrogens (tertiary/aromatic N) is 4. The minimum Gasteiger partial charge on any atom is -0.343 e. The van der Waals surface area contributed by atoms with Crippen molar-refractivity contribution in [2.24, 2.45) is 5.92 Å². The number of rotatable bonds is 5. The fourth-order valence-electron chi connectivity index (χ4n) is 4.39. The molecule has 0 spiro atoms. The molecule has 2 fully saturated rings. The largest absolute Gasteiger partial charge is 0.343 e. The zero-order valence-corrected chi connectivity index (χ0v) is 19.9. The molecule has 0 bridgehead atoms. The average molecular weight is 470 g/mol. The molecular weight excluding hydrogens is 438 g/mol. The van der Waals surface area contributed by atoms with E-state index in [2.05, 4.69) is 15.5 Å². The summed E-state index contributed by atoms with van der Waals surface area (Å²) in [6, 6.07) is 7.47. The molecule has 2 saturated heterocycles. The Morgan fingerprint density at radius 1 is 0.909 bits per heavy atom. The molecule has 33 heavy (non-hydrogen) atoms. The number of benzene rings is 1. The maximum absolute atomic E-state index is 12.9. The predicted molar refractivity (Wildman–Crippen MR) is 127 cm³/mol. The van der Waals surface area contributed by atoms with Crippen molar-refractivity contribution in [3.05, 3.63) is 39.8 Å². The lowest BCUT2D eigenvalue weighted by Crippen LogP contribution is -2.40. The van der Waals surface area contributed by atoms with Crippen LogP contribution in [0.2, 0.25) is 0 Å². The summed E-state index contributed by atoms with van der Waals surface area (Å²) >= 11 is 1.01. The van der Waals surface area contributed by atoms with Gasteiger partial charge in [-0.3, -0.25) is 14.4 Å². The molecule has 2 aromatic rings. The molecule has 1 aromatic heterocycles. The summed E-state index contributed by atoms with van der Waals surface area (Å²) < 4.78 is 0. The van der Waals surface area contributed by atoms with Crippen molar-refractivity contribution in [3.8, 4) is 0 Å². The van der Waals surface area contributed by atoms with Gasteiger partial charge in [0, 0.05) is 38.3 Å². The van der Waals surface area contributed by atoms with Crippen LogP contribution in [0.5, 0.6) is 0 Å². The fraction of sp³-hybridized carbons (Fsp3) is 0.542. The van der Waals surface area contributed by atoms with Gasteiger partial charge in [0.05, 0.1) is 0 Å². The number of nitrogens with one attached hydrogen (secondary N) is 1. The lowest BCUT2D eigenvalue weighted by molar-refractivity contribution is -0.132. The highest BCUT2D eigenvalue weighted by Gasteiger charge is 2.29. The van der Waals surface area contributed by atoms with Gasteiger partial charge in [-0.15, -0.1) is 10.2 Å². The van der Waals surface area contributed by atoms with E-state index in [4.69, 9.17) is 0 Å². The number of carbonyl (C=O) groups is 3. The Morgan fingerprint density at radius 3 is 2.21 bits per heavy atom. The van der Waals surface area contributed by atoms with Crippen LogP contribution in [0.25, 0.3) is 0 Å². The fourth-order valence-corrected chi connectivity index (χ4v) is 5.10. The maximum Gasteiger partial charge on any atom is 0.286 e. The molecule has 2 aliphatic heterocycles. The minimum absolute atomic E-state index is 0.164. The highest BCUT2D eigenvalue weighted by atomic mass is 32.1. The number of likely N-dealkylation sites (tertiary alicyclic amines) is 2. The van der Waals surface area contributed by atoms with Gasteiger partial charge in [0.1, 0.15) is 0 Å². The lowest BCUT2D eigenvalue weighted by Gasteiger charge is -2.32. The van der Waals surface area contributed by atoms with Crippen LogP contribution >= 0.6 is 11.3 Å². The smallest absolute Gasteiger partial charge is 0.286 e. The van der Waals surface area contributed by atoms with Crippen molar-refractivity contribution in [2.45, 2.75) is 51.9 Å². The third kappa shape index (κ3) is 6.16. The first-order chi connectivity index (χ1) is 16.0. The lowest BCUT2D eigenvalue weighted by atomic mass is 9.93. The van der Waals surface area contributed by atoms with Crippen molar-refractivity contribution in [2.75, 3.05) is 31.5 Å². The predicted octanol–water partition coefficient (Wildman–Crippen LogP) is 3.74. The zero-order valence-electron chi connectivity index (χ0n) is 19.1. The first kappa shape index (κ1) is 23.4. The third-order valence-corrected chi connectivity index (χ3v) is 7.35. The van der Waals surface area contributed by atoms with Gasteiger partial charge >= 0.3 is 0 Å². The summed E-state index contributed by atoms with van der Waals surface area (Å²) in [7, 11) is 0. The van der Waals surface area contributed by atoms with Gasteiger partial charge in [0.15, 0.2) is 0 Å². The number of hydrogen-bond acceptors (Lipinski definition) is 6. The minimum atomic E-state index is -0.374. The van der Waals surface area contributed by atoms with E-state index in [0.717, 1.165) is 55.7 Å². The maximum atomic E-state index is 12.9. The van der Waals surface area contributed by atoms with Gasteiger partial charge in [-0.2, -0.15) is 0 Å². The third-order valence-electron chi connectivity index (χ3n) is 6.44. The average Bonchev–Trinajstić information content (AvgIpc) is 3.16. The number of amides is 3. The van der Waals surface area contributed by atoms with Crippen molar-refractivity contribution >= 4 is 34.7 Å². The molecule has 1 N–H and O–H groups in total. The molecule has 9 heteroatoms. The zero-order chi connectivity index (χ0) is 23.2. The molecule has 0 saturated carbocycles. The van der Waals surface area contributed by atoms with Crippen LogP contribution in [0.3, 0.4) is 0 Å². The highest BCUT2D eigenvalue weighted by molar-refractivity contribution is 7.15. The van der Waals surface area contributed by atoms with E-state index in [0.29, 0.717) is 31.1 Å². The van der Waals surface area contributed by atoms with E-state index in [9.17, 15) is 14.4 Å². The highest BCUT2D eigenvalue weighted by Crippen LogP contribution is 2.24. The number of aromatic nitrogens is 2. The van der Waals surface area contributed by atoms with Crippen LogP contribution < -0.4 is 5.32 Å². The Morgan fingerprint density at radius 2 is 1.55 bits per heavy atom. The van der Waals surface area contributed by atoms with Crippen molar-refractivity contribution in [1.29, 1.82) is 0 Å². The van der Waals surface area contributed by atoms with Gasteiger partial charge in [0.25, 0.3) is 11.8 Å². The SMILES string of the molecule is Cc1ccc(NC(=O)c2nnc(C(=O)N3CCC(CC(=O)N4CCCCCC4)CC3)s2)cc1. The molecular formula is C24H31N5O3S. The molecule has 176 valence electrons. The van der Waals surface area contributed by atoms with Crippen LogP contribution in [0.15, 0.2) is 24.3 Å². The van der Waals surface area contributed by atoms with Crippen LogP contribution in [0.1, 0.15) is 70.1 Å². The standard InChI is InChI=1S/C24H31N5O3S/c1-17-6-8-19(9-7-17)25-21(31)22-26-27-23(33-22)24(32)29-14-10-18(11-15-29)16-20(30)28-12-4-2-3-5-13-28/h6-9,18H,2-5,10-16H2,1H3,(H,25,31). The number of piperidine rings is 1. The molecule has 4 rings (SSSR count). The monoisotopic (exact) mass is 469 g/mol. The molecule has 0 unspecified atom stereocenters. The summed E-state index contributed by atoms with van der Waals surface area (Å²) in [6.07, 6.45) is 6.83. The number of hydrogen-bond donors (Lipinski definition) is 1. The first-order valence-corrected chi connectivity index (χ1v) is 12.6. The van der Waals surface area contributed by atoms with E-state index < -0.39 is 0 Å². The van der Waals surface area contributed by atoms with E-state index in [1.54, 1.807) is 4.90 Å². The Hall–Kier alpha value is -2.81. The molecule has 0 aliphatic carbocycles.